The van der Waals surface area contributed by atoms with Crippen molar-refractivity contribution in [2.45, 2.75) is 65.5 Å². The van der Waals surface area contributed by atoms with Crippen LogP contribution in [-0.2, 0) is 16.1 Å². The summed E-state index contributed by atoms with van der Waals surface area (Å²) in [5, 5.41) is 21.4. The van der Waals surface area contributed by atoms with Crippen LogP contribution in [0.4, 0.5) is 5.69 Å². The average molecular weight is 809 g/mol. The number of unbranched alkanes of at least 4 members (excludes halogenated alkanes) is 1. The SMILES string of the molecule is CCN(CCCCN1CCN(c2ccc3c(c2)C(=O)N(C2CCC(=O)NC2=O)C3=O)CC1)CCCOc1ccc(Cn2c(C)c(C#N)c(-c3ccc(C#N)cc3)c2C)cc1. The van der Waals surface area contributed by atoms with Crippen molar-refractivity contribution in [3.63, 3.8) is 0 Å². The van der Waals surface area contributed by atoms with E-state index < -0.39 is 23.8 Å². The van der Waals surface area contributed by atoms with Crippen LogP contribution < -0.4 is 15.0 Å². The van der Waals surface area contributed by atoms with Crippen molar-refractivity contribution >= 4 is 29.3 Å². The molecule has 13 heteroatoms. The van der Waals surface area contributed by atoms with Crippen LogP contribution in [0.25, 0.3) is 11.1 Å². The first-order valence-corrected chi connectivity index (χ1v) is 21.0. The van der Waals surface area contributed by atoms with Gasteiger partial charge in [-0.3, -0.25) is 34.3 Å². The summed E-state index contributed by atoms with van der Waals surface area (Å²) in [7, 11) is 0. The number of piperidine rings is 1. The number of carbonyl (C=O) groups is 4. The van der Waals surface area contributed by atoms with Gasteiger partial charge in [-0.25, -0.2) is 0 Å². The lowest BCUT2D eigenvalue weighted by atomic mass is 10.0. The van der Waals surface area contributed by atoms with E-state index in [1.54, 1.807) is 24.3 Å². The van der Waals surface area contributed by atoms with Gasteiger partial charge in [0.05, 0.1) is 34.9 Å². The number of piperazine rings is 1. The molecule has 3 aromatic carbocycles. The van der Waals surface area contributed by atoms with Crippen LogP contribution in [0.5, 0.6) is 5.75 Å². The summed E-state index contributed by atoms with van der Waals surface area (Å²) in [5.74, 6) is -1.11. The van der Waals surface area contributed by atoms with Crippen molar-refractivity contribution in [2.75, 3.05) is 63.9 Å². The maximum absolute atomic E-state index is 13.3. The Morgan fingerprint density at radius 2 is 1.53 bits per heavy atom. The number of hydrogen-bond acceptors (Lipinski definition) is 10. The van der Waals surface area contributed by atoms with Crippen molar-refractivity contribution in [3.05, 3.63) is 106 Å². The minimum Gasteiger partial charge on any atom is -0.494 e. The molecule has 3 aliphatic heterocycles. The molecule has 0 aliphatic carbocycles. The summed E-state index contributed by atoms with van der Waals surface area (Å²) in [5.41, 5.74) is 7.67. The largest absolute Gasteiger partial charge is 0.494 e. The van der Waals surface area contributed by atoms with Crippen molar-refractivity contribution in [2.24, 2.45) is 0 Å². The summed E-state index contributed by atoms with van der Waals surface area (Å²) < 4.78 is 8.29. The van der Waals surface area contributed by atoms with E-state index in [1.807, 2.05) is 44.2 Å². The molecule has 4 amide bonds. The maximum Gasteiger partial charge on any atom is 0.262 e. The van der Waals surface area contributed by atoms with Gasteiger partial charge in [-0.2, -0.15) is 10.5 Å². The predicted octanol–water partition coefficient (Wildman–Crippen LogP) is 5.66. The van der Waals surface area contributed by atoms with Crippen LogP contribution >= 0.6 is 0 Å². The normalized spacial score (nSPS) is 16.9. The van der Waals surface area contributed by atoms with Gasteiger partial charge in [-0.15, -0.1) is 0 Å². The smallest absolute Gasteiger partial charge is 0.262 e. The van der Waals surface area contributed by atoms with Gasteiger partial charge in [0.1, 0.15) is 17.9 Å². The monoisotopic (exact) mass is 808 g/mol. The quantitative estimate of drug-likeness (QED) is 0.111. The molecule has 0 saturated carbocycles. The highest BCUT2D eigenvalue weighted by Crippen LogP contribution is 2.34. The Kier molecular flexibility index (Phi) is 13.1. The van der Waals surface area contributed by atoms with E-state index in [1.165, 1.54) is 0 Å². The second-order valence-electron chi connectivity index (χ2n) is 15.8. The van der Waals surface area contributed by atoms with E-state index in [2.05, 4.69) is 55.8 Å². The first-order valence-electron chi connectivity index (χ1n) is 21.0. The number of hydrogen-bond donors (Lipinski definition) is 1. The molecule has 310 valence electrons. The highest BCUT2D eigenvalue weighted by Gasteiger charge is 2.44. The molecule has 4 aromatic rings. The highest BCUT2D eigenvalue weighted by molar-refractivity contribution is 6.23. The van der Waals surface area contributed by atoms with E-state index in [-0.39, 0.29) is 18.7 Å². The minimum absolute atomic E-state index is 0.0971. The summed E-state index contributed by atoms with van der Waals surface area (Å²) >= 11 is 0. The Hall–Kier alpha value is -6.28. The Balaban J connectivity index is 0.801. The van der Waals surface area contributed by atoms with Crippen molar-refractivity contribution in [3.8, 4) is 29.0 Å². The molecule has 2 saturated heterocycles. The van der Waals surface area contributed by atoms with E-state index in [0.717, 1.165) is 116 Å². The molecule has 4 heterocycles. The number of imide groups is 2. The Labute approximate surface area is 351 Å². The van der Waals surface area contributed by atoms with Crippen LogP contribution in [0, 0.1) is 36.5 Å². The molecule has 3 aliphatic rings. The Morgan fingerprint density at radius 1 is 0.817 bits per heavy atom. The summed E-state index contributed by atoms with van der Waals surface area (Å²) in [6.07, 6.45) is 3.41. The molecule has 1 aromatic heterocycles. The number of anilines is 1. The highest BCUT2D eigenvalue weighted by atomic mass is 16.5. The number of aromatic nitrogens is 1. The number of rotatable bonds is 16. The van der Waals surface area contributed by atoms with Gasteiger partial charge in [-0.05, 0) is 113 Å². The van der Waals surface area contributed by atoms with Crippen molar-refractivity contribution in [1.82, 2.24) is 24.6 Å². The van der Waals surface area contributed by atoms with Gasteiger partial charge >= 0.3 is 0 Å². The van der Waals surface area contributed by atoms with Gasteiger partial charge < -0.3 is 19.1 Å². The fourth-order valence-electron chi connectivity index (χ4n) is 8.66. The van der Waals surface area contributed by atoms with Crippen molar-refractivity contribution < 1.29 is 23.9 Å². The third kappa shape index (κ3) is 8.98. The summed E-state index contributed by atoms with van der Waals surface area (Å²) in [4.78, 5) is 58.6. The van der Waals surface area contributed by atoms with Gasteiger partial charge in [0.25, 0.3) is 11.8 Å². The van der Waals surface area contributed by atoms with Crippen molar-refractivity contribution in [1.29, 1.82) is 10.5 Å². The molecule has 0 spiro atoms. The third-order valence-corrected chi connectivity index (χ3v) is 12.2. The summed E-state index contributed by atoms with van der Waals surface area (Å²) in [6, 6.07) is 24.5. The molecule has 1 unspecified atom stereocenters. The first-order chi connectivity index (χ1) is 29.1. The van der Waals surface area contributed by atoms with Crippen LogP contribution in [-0.4, -0.2) is 108 Å². The van der Waals surface area contributed by atoms with Gasteiger partial charge in [0.2, 0.25) is 11.8 Å². The number of ether oxygens (including phenoxy) is 1. The van der Waals surface area contributed by atoms with Crippen LogP contribution in [0.15, 0.2) is 66.7 Å². The molecule has 60 heavy (non-hydrogen) atoms. The molecule has 0 radical (unpaired) electrons. The van der Waals surface area contributed by atoms with Crippen LogP contribution in [0.2, 0.25) is 0 Å². The Morgan fingerprint density at radius 3 is 2.22 bits per heavy atom. The predicted molar refractivity (Wildman–Crippen MR) is 228 cm³/mol. The molecule has 0 bridgehead atoms. The second kappa shape index (κ2) is 18.8. The molecule has 13 nitrogen and oxygen atoms in total. The number of nitriles is 2. The number of nitrogens with zero attached hydrogens (tertiary/aromatic N) is 7. The number of carbonyl (C=O) groups excluding carboxylic acids is 4. The van der Waals surface area contributed by atoms with Gasteiger partial charge in [0, 0.05) is 68.3 Å². The molecule has 7 rings (SSSR count). The lowest BCUT2D eigenvalue weighted by Gasteiger charge is -2.36. The van der Waals surface area contributed by atoms with E-state index >= 15 is 0 Å². The zero-order valence-electron chi connectivity index (χ0n) is 34.7. The fourth-order valence-corrected chi connectivity index (χ4v) is 8.66. The topological polar surface area (TPSA) is 155 Å². The van der Waals surface area contributed by atoms with Crippen LogP contribution in [0.1, 0.15) is 87.8 Å². The lowest BCUT2D eigenvalue weighted by molar-refractivity contribution is -0.136. The number of nitrogens with one attached hydrogen (secondary N) is 1. The Bertz CT molecular complexity index is 2330. The van der Waals surface area contributed by atoms with Crippen LogP contribution in [0.3, 0.4) is 0 Å². The number of fused-ring (bicyclic) bond motifs is 1. The minimum atomic E-state index is -0.965. The first kappa shape index (κ1) is 41.9. The molecule has 1 atom stereocenters. The standard InChI is InChI=1S/C47H52N8O5/c1-4-51(22-7-27-60-38-15-10-35(11-16-38)31-54-32(2)41(30-49)44(33(54)3)36-12-8-34(29-48)9-13-36)20-5-6-21-52-23-25-53(26-24-52)37-14-17-39-40(28-37)47(59)55(46(39)58)42-18-19-43(56)50-45(42)57/h8-17,28,42H,4-7,18-27,31H2,1-3H3,(H,50,56,57). The number of benzene rings is 3. The molecule has 1 N–H and O–H groups in total. The molecular weight excluding hydrogens is 757 g/mol. The fraction of sp³-hybridized carbons (Fsp3) is 0.404. The zero-order chi connectivity index (χ0) is 42.3. The molecule has 2 fully saturated rings. The maximum atomic E-state index is 13.3. The summed E-state index contributed by atoms with van der Waals surface area (Å²) in [6.45, 7) is 15.0. The third-order valence-electron chi connectivity index (χ3n) is 12.2. The zero-order valence-corrected chi connectivity index (χ0v) is 34.7. The van der Waals surface area contributed by atoms with E-state index in [0.29, 0.717) is 35.4 Å². The van der Waals surface area contributed by atoms with E-state index in [4.69, 9.17) is 4.74 Å². The lowest BCUT2D eigenvalue weighted by Crippen LogP contribution is -2.54. The number of amides is 4. The molecular formula is C47H52N8O5. The average Bonchev–Trinajstić information content (AvgIpc) is 3.66. The van der Waals surface area contributed by atoms with E-state index in [9.17, 15) is 29.7 Å². The second-order valence-corrected chi connectivity index (χ2v) is 15.8. The van der Waals surface area contributed by atoms with Gasteiger partial charge in [0.15, 0.2) is 0 Å². The van der Waals surface area contributed by atoms with Gasteiger partial charge in [-0.1, -0.05) is 31.2 Å².